The molecule has 78 valence electrons. The Kier molecular flexibility index (Phi) is 2.82. The van der Waals surface area contributed by atoms with Gasteiger partial charge in [-0.3, -0.25) is 9.17 Å². The second kappa shape index (κ2) is 4.27. The third-order valence-electron chi connectivity index (χ3n) is 2.10. The van der Waals surface area contributed by atoms with Crippen LogP contribution in [0.3, 0.4) is 0 Å². The van der Waals surface area contributed by atoms with Gasteiger partial charge in [0.1, 0.15) is 0 Å². The molecule has 0 saturated heterocycles. The first kappa shape index (κ1) is 9.92. The van der Waals surface area contributed by atoms with Crippen molar-refractivity contribution >= 4 is 17.5 Å². The predicted molar refractivity (Wildman–Crippen MR) is 61.3 cm³/mol. The van der Waals surface area contributed by atoms with Gasteiger partial charge in [-0.25, -0.2) is 0 Å². The molecule has 2 rings (SSSR count). The highest BCUT2D eigenvalue weighted by atomic mass is 32.1. The first-order valence-electron chi connectivity index (χ1n) is 4.57. The molecule has 0 aliphatic rings. The lowest BCUT2D eigenvalue weighted by Gasteiger charge is -2.14. The molecule has 0 saturated carbocycles. The number of anilines is 1. The van der Waals surface area contributed by atoms with E-state index in [1.165, 1.54) is 0 Å². The minimum absolute atomic E-state index is 0.126. The highest BCUT2D eigenvalue weighted by Crippen LogP contribution is 2.08. The van der Waals surface area contributed by atoms with Crippen molar-refractivity contribution in [3.05, 3.63) is 46.2 Å². The zero-order valence-corrected chi connectivity index (χ0v) is 9.12. The Bertz CT molecular complexity index is 477. The fraction of sp³-hybridized carbons (Fsp3) is 0.200. The molecule has 0 unspecified atom stereocenters. The fourth-order valence-corrected chi connectivity index (χ4v) is 1.90. The molecule has 5 heteroatoms. The molecule has 1 aromatic carbocycles. The molecule has 4 nitrogen and oxygen atoms in total. The van der Waals surface area contributed by atoms with Crippen LogP contribution >= 0.6 is 11.7 Å². The molecule has 2 aromatic rings. The lowest BCUT2D eigenvalue weighted by atomic mass is 10.2. The topological polar surface area (TPSA) is 49.0 Å². The van der Waals surface area contributed by atoms with Gasteiger partial charge < -0.3 is 4.90 Å². The average Bonchev–Trinajstić information content (AvgIpc) is 2.66. The van der Waals surface area contributed by atoms with Crippen molar-refractivity contribution in [2.75, 3.05) is 11.9 Å². The van der Waals surface area contributed by atoms with E-state index in [2.05, 4.69) is 8.75 Å². The highest BCUT2D eigenvalue weighted by Gasteiger charge is 2.08. The number of nitrogens with zero attached hydrogens (tertiary/aromatic N) is 2. The van der Waals surface area contributed by atoms with Crippen LogP contribution in [-0.4, -0.2) is 15.8 Å². The highest BCUT2D eigenvalue weighted by molar-refractivity contribution is 6.99. The Morgan fingerprint density at radius 1 is 1.40 bits per heavy atom. The molecule has 0 bridgehead atoms. The van der Waals surface area contributed by atoms with Gasteiger partial charge in [0.15, 0.2) is 0 Å². The van der Waals surface area contributed by atoms with Gasteiger partial charge in [-0.05, 0) is 5.56 Å². The number of hydrogen-bond donors (Lipinski definition) is 1. The number of benzene rings is 1. The summed E-state index contributed by atoms with van der Waals surface area (Å²) in [5, 5.41) is 0. The average molecular weight is 221 g/mol. The third kappa shape index (κ3) is 2.24. The van der Waals surface area contributed by atoms with Gasteiger partial charge in [0.2, 0.25) is 5.82 Å². The lowest BCUT2D eigenvalue weighted by molar-refractivity contribution is 0.901. The second-order valence-electron chi connectivity index (χ2n) is 3.28. The maximum atomic E-state index is 11.3. The Morgan fingerprint density at radius 3 is 2.73 bits per heavy atom. The Hall–Kier alpha value is -1.62. The van der Waals surface area contributed by atoms with E-state index >= 15 is 0 Å². The minimum atomic E-state index is -0.126. The summed E-state index contributed by atoms with van der Waals surface area (Å²) in [6.45, 7) is 0.688. The number of rotatable bonds is 3. The lowest BCUT2D eigenvalue weighted by Crippen LogP contribution is -2.22. The molecule has 0 atom stereocenters. The van der Waals surface area contributed by atoms with Gasteiger partial charge >= 0.3 is 5.56 Å². The van der Waals surface area contributed by atoms with Crippen LogP contribution in [0.4, 0.5) is 5.82 Å². The van der Waals surface area contributed by atoms with Crippen molar-refractivity contribution in [1.82, 2.24) is 8.75 Å². The van der Waals surface area contributed by atoms with Crippen LogP contribution in [0, 0.1) is 0 Å². The Balaban J connectivity index is 2.14. The van der Waals surface area contributed by atoms with Crippen molar-refractivity contribution in [1.29, 1.82) is 0 Å². The molecule has 0 aliphatic heterocycles. The molecular weight excluding hydrogens is 210 g/mol. The number of nitrogens with one attached hydrogen (secondary N) is 1. The molecule has 1 heterocycles. The summed E-state index contributed by atoms with van der Waals surface area (Å²) in [7, 11) is 1.86. The van der Waals surface area contributed by atoms with Crippen LogP contribution in [0.2, 0.25) is 0 Å². The predicted octanol–water partition coefficient (Wildman–Crippen LogP) is 1.47. The fourth-order valence-electron chi connectivity index (χ4n) is 1.37. The molecule has 0 aliphatic carbocycles. The van der Waals surface area contributed by atoms with E-state index in [0.717, 1.165) is 17.3 Å². The summed E-state index contributed by atoms with van der Waals surface area (Å²) < 4.78 is 6.58. The molecule has 15 heavy (non-hydrogen) atoms. The minimum Gasteiger partial charge on any atom is -0.350 e. The van der Waals surface area contributed by atoms with Crippen LogP contribution < -0.4 is 10.5 Å². The van der Waals surface area contributed by atoms with E-state index < -0.39 is 0 Å². The van der Waals surface area contributed by atoms with Crippen LogP contribution in [0.15, 0.2) is 35.1 Å². The SMILES string of the molecule is CN(Cc1ccccc1)c1ns[nH]c1=O. The molecule has 0 fully saturated rings. The number of aromatic amines is 1. The summed E-state index contributed by atoms with van der Waals surface area (Å²) in [6.07, 6.45) is 0. The van der Waals surface area contributed by atoms with E-state index in [4.69, 9.17) is 0 Å². The van der Waals surface area contributed by atoms with Crippen LogP contribution in [-0.2, 0) is 6.54 Å². The standard InChI is InChI=1S/C10H11N3OS/c1-13(9-10(14)12-15-11-9)7-8-5-3-2-4-6-8/h2-6H,7H2,1H3,(H,12,14). The monoisotopic (exact) mass is 221 g/mol. The first-order chi connectivity index (χ1) is 7.27. The van der Waals surface area contributed by atoms with Crippen molar-refractivity contribution in [3.8, 4) is 0 Å². The van der Waals surface area contributed by atoms with Crippen molar-refractivity contribution < 1.29 is 0 Å². The van der Waals surface area contributed by atoms with E-state index in [0.29, 0.717) is 12.4 Å². The summed E-state index contributed by atoms with van der Waals surface area (Å²) in [5.41, 5.74) is 1.03. The molecule has 1 aromatic heterocycles. The maximum absolute atomic E-state index is 11.3. The van der Waals surface area contributed by atoms with Crippen molar-refractivity contribution in [2.24, 2.45) is 0 Å². The molecular formula is C10H11N3OS. The van der Waals surface area contributed by atoms with Crippen LogP contribution in [0.5, 0.6) is 0 Å². The van der Waals surface area contributed by atoms with Gasteiger partial charge in [-0.2, -0.15) is 4.37 Å². The quantitative estimate of drug-likeness (QED) is 0.853. The number of aromatic nitrogens is 2. The smallest absolute Gasteiger partial charge is 0.302 e. The van der Waals surface area contributed by atoms with Gasteiger partial charge in [-0.1, -0.05) is 30.3 Å². The third-order valence-corrected chi connectivity index (χ3v) is 2.64. The van der Waals surface area contributed by atoms with E-state index in [1.807, 2.05) is 42.3 Å². The van der Waals surface area contributed by atoms with Crippen LogP contribution in [0.1, 0.15) is 5.56 Å². The van der Waals surface area contributed by atoms with E-state index in [1.54, 1.807) is 0 Å². The normalized spacial score (nSPS) is 10.2. The summed E-state index contributed by atoms with van der Waals surface area (Å²) in [4.78, 5) is 13.1. The van der Waals surface area contributed by atoms with Gasteiger partial charge in [-0.15, -0.1) is 0 Å². The molecule has 1 N–H and O–H groups in total. The first-order valence-corrected chi connectivity index (χ1v) is 5.34. The Labute approximate surface area is 91.5 Å². The summed E-state index contributed by atoms with van der Waals surface area (Å²) >= 11 is 1.08. The van der Waals surface area contributed by atoms with Gasteiger partial charge in [0, 0.05) is 25.3 Å². The number of H-pyrrole nitrogens is 1. The van der Waals surface area contributed by atoms with E-state index in [9.17, 15) is 4.79 Å². The zero-order valence-electron chi connectivity index (χ0n) is 8.30. The molecule has 0 spiro atoms. The van der Waals surface area contributed by atoms with Crippen LogP contribution in [0.25, 0.3) is 0 Å². The maximum Gasteiger partial charge on any atom is 0.302 e. The summed E-state index contributed by atoms with van der Waals surface area (Å²) in [5.74, 6) is 0.476. The second-order valence-corrected chi connectivity index (χ2v) is 3.85. The Morgan fingerprint density at radius 2 is 2.13 bits per heavy atom. The van der Waals surface area contributed by atoms with Crippen molar-refractivity contribution in [3.63, 3.8) is 0 Å². The number of hydrogen-bond acceptors (Lipinski definition) is 4. The van der Waals surface area contributed by atoms with Crippen molar-refractivity contribution in [2.45, 2.75) is 6.54 Å². The zero-order chi connectivity index (χ0) is 10.7. The van der Waals surface area contributed by atoms with E-state index in [-0.39, 0.29) is 5.56 Å². The van der Waals surface area contributed by atoms with Gasteiger partial charge in [0.25, 0.3) is 0 Å². The van der Waals surface area contributed by atoms with Gasteiger partial charge in [0.05, 0.1) is 0 Å². The molecule has 0 amide bonds. The largest absolute Gasteiger partial charge is 0.350 e. The summed E-state index contributed by atoms with van der Waals surface area (Å²) in [6, 6.07) is 9.98. The molecule has 0 radical (unpaired) electrons.